The average molecular weight is 576 g/mol. The molecular formula is C31H30ClN3O4S. The van der Waals surface area contributed by atoms with Crippen molar-refractivity contribution in [2.45, 2.75) is 30.6 Å². The van der Waals surface area contributed by atoms with Crippen LogP contribution in [0.15, 0.2) is 102 Å². The number of nitrogens with one attached hydrogen (secondary N) is 2. The number of hydroxylamine groups is 1. The number of halogens is 1. The Kier molecular flexibility index (Phi) is 9.07. The lowest BCUT2D eigenvalue weighted by atomic mass is 10.0. The summed E-state index contributed by atoms with van der Waals surface area (Å²) in [5.74, 6) is 0.206. The number of nitrogens with two attached hydrogens (primary N) is 1. The maximum absolute atomic E-state index is 12.8. The van der Waals surface area contributed by atoms with E-state index in [1.54, 1.807) is 48.5 Å². The molecule has 0 unspecified atom stereocenters. The number of sulfonamides is 1. The first-order chi connectivity index (χ1) is 19.1. The zero-order chi connectivity index (χ0) is 28.9. The summed E-state index contributed by atoms with van der Waals surface area (Å²) in [4.78, 5) is 12.9. The molecule has 5 N–H and O–H groups in total. The van der Waals surface area contributed by atoms with Crippen LogP contribution in [0.25, 0.3) is 16.8 Å². The molecule has 0 heterocycles. The maximum atomic E-state index is 12.8. The third-order valence-corrected chi connectivity index (χ3v) is 7.63. The van der Waals surface area contributed by atoms with Crippen LogP contribution in [0.1, 0.15) is 45.8 Å². The van der Waals surface area contributed by atoms with Crippen LogP contribution in [0.3, 0.4) is 0 Å². The second-order valence-corrected chi connectivity index (χ2v) is 11.5. The van der Waals surface area contributed by atoms with E-state index in [-0.39, 0.29) is 10.8 Å². The van der Waals surface area contributed by atoms with Crippen molar-refractivity contribution in [3.05, 3.63) is 125 Å². The number of aryl methyl sites for hydroxylation is 1. The summed E-state index contributed by atoms with van der Waals surface area (Å²) < 4.78 is 23.7. The minimum absolute atomic E-state index is 0.0600. The van der Waals surface area contributed by atoms with E-state index in [0.717, 1.165) is 29.5 Å². The summed E-state index contributed by atoms with van der Waals surface area (Å²) in [6, 6.07) is 26.7. The van der Waals surface area contributed by atoms with E-state index in [2.05, 4.69) is 11.9 Å². The summed E-state index contributed by atoms with van der Waals surface area (Å²) >= 11 is 6.09. The highest BCUT2D eigenvalue weighted by atomic mass is 35.5. The summed E-state index contributed by atoms with van der Waals surface area (Å²) in [6.45, 7) is 5.62. The molecule has 0 bridgehead atoms. The van der Waals surface area contributed by atoms with Crippen LogP contribution >= 0.6 is 11.6 Å². The molecule has 1 aliphatic carbocycles. The van der Waals surface area contributed by atoms with Gasteiger partial charge in [-0.25, -0.2) is 13.6 Å². The highest BCUT2D eigenvalue weighted by Crippen LogP contribution is 2.42. The third-order valence-electron chi connectivity index (χ3n) is 6.43. The quantitative estimate of drug-likeness (QED) is 0.182. The second kappa shape index (κ2) is 12.5. The SMILES string of the molecule is C=C(NO)c1cccc(C)c1.NS(=O)(=O)c1ccccc1-c1ccc(NC(=O)c2cc(Cl)ccc2C2CC2)cc1. The lowest BCUT2D eigenvalue weighted by molar-refractivity contribution is 0.102. The zero-order valence-electron chi connectivity index (χ0n) is 21.9. The molecule has 1 fully saturated rings. The number of anilines is 1. The number of hydrogen-bond acceptors (Lipinski definition) is 5. The highest BCUT2D eigenvalue weighted by Gasteiger charge is 2.28. The lowest BCUT2D eigenvalue weighted by Crippen LogP contribution is -2.14. The van der Waals surface area contributed by atoms with Crippen molar-refractivity contribution in [2.24, 2.45) is 5.14 Å². The van der Waals surface area contributed by atoms with Gasteiger partial charge in [-0.3, -0.25) is 15.5 Å². The monoisotopic (exact) mass is 575 g/mol. The molecule has 4 aromatic carbocycles. The van der Waals surface area contributed by atoms with Crippen molar-refractivity contribution in [1.29, 1.82) is 0 Å². The first-order valence-corrected chi connectivity index (χ1v) is 14.5. The number of carbonyl (C=O) groups excluding carboxylic acids is 1. The van der Waals surface area contributed by atoms with Gasteiger partial charge in [0.15, 0.2) is 0 Å². The Morgan fingerprint density at radius 2 is 1.68 bits per heavy atom. The van der Waals surface area contributed by atoms with Gasteiger partial charge in [-0.05, 0) is 78.8 Å². The number of hydrogen-bond donors (Lipinski definition) is 4. The Labute approximate surface area is 239 Å². The van der Waals surface area contributed by atoms with Crippen LogP contribution in [0.2, 0.25) is 5.02 Å². The summed E-state index contributed by atoms with van der Waals surface area (Å²) in [6.07, 6.45) is 2.17. The number of primary sulfonamides is 1. The molecule has 0 spiro atoms. The lowest BCUT2D eigenvalue weighted by Gasteiger charge is -2.12. The highest BCUT2D eigenvalue weighted by molar-refractivity contribution is 7.89. The molecule has 0 aliphatic heterocycles. The van der Waals surface area contributed by atoms with Crippen LogP contribution in [0.4, 0.5) is 5.69 Å². The molecule has 4 aromatic rings. The first-order valence-electron chi connectivity index (χ1n) is 12.6. The molecule has 40 heavy (non-hydrogen) atoms. The number of carbonyl (C=O) groups is 1. The molecule has 206 valence electrons. The van der Waals surface area contributed by atoms with E-state index in [1.165, 1.54) is 6.07 Å². The standard InChI is InChI=1S/C22H19ClN2O3S.C9H11NO/c23-16-9-12-18(14-5-6-14)20(13-16)22(26)25-17-10-7-15(8-11-17)19-3-1-2-4-21(19)29(24,27)28;1-7-4-3-5-9(6-7)8(2)10-11/h1-4,7-14H,5-6H2,(H,25,26)(H2,24,27,28);3-6,10-11H,2H2,1H3. The summed E-state index contributed by atoms with van der Waals surface area (Å²) in [5, 5.41) is 17.3. The van der Waals surface area contributed by atoms with Crippen molar-refractivity contribution in [3.63, 3.8) is 0 Å². The molecule has 1 amide bonds. The first kappa shape index (κ1) is 29.0. The molecule has 9 heteroatoms. The van der Waals surface area contributed by atoms with Gasteiger partial charge in [0.1, 0.15) is 0 Å². The largest absolute Gasteiger partial charge is 0.322 e. The molecule has 1 aliphatic rings. The Balaban J connectivity index is 0.000000283. The Morgan fingerprint density at radius 1 is 0.975 bits per heavy atom. The maximum Gasteiger partial charge on any atom is 0.256 e. The Bertz CT molecular complexity index is 1650. The van der Waals surface area contributed by atoms with Crippen LogP contribution in [0, 0.1) is 6.92 Å². The van der Waals surface area contributed by atoms with E-state index in [1.807, 2.05) is 48.8 Å². The van der Waals surface area contributed by atoms with E-state index >= 15 is 0 Å². The van der Waals surface area contributed by atoms with Crippen molar-refractivity contribution in [1.82, 2.24) is 5.48 Å². The van der Waals surface area contributed by atoms with Crippen LogP contribution in [-0.4, -0.2) is 19.5 Å². The smallest absolute Gasteiger partial charge is 0.256 e. The predicted molar refractivity (Wildman–Crippen MR) is 160 cm³/mol. The van der Waals surface area contributed by atoms with Crippen LogP contribution in [-0.2, 0) is 10.0 Å². The normalized spacial score (nSPS) is 12.6. The van der Waals surface area contributed by atoms with Gasteiger partial charge in [0.25, 0.3) is 5.91 Å². The summed E-state index contributed by atoms with van der Waals surface area (Å²) in [5.41, 5.74) is 8.01. The van der Waals surface area contributed by atoms with Gasteiger partial charge in [0, 0.05) is 21.8 Å². The van der Waals surface area contributed by atoms with Gasteiger partial charge in [-0.2, -0.15) is 0 Å². The minimum Gasteiger partial charge on any atom is -0.322 e. The second-order valence-electron chi connectivity index (χ2n) is 9.54. The fraction of sp³-hybridized carbons (Fsp3) is 0.129. The van der Waals surface area contributed by atoms with Crippen molar-refractivity contribution in [2.75, 3.05) is 5.32 Å². The molecule has 5 rings (SSSR count). The van der Waals surface area contributed by atoms with Gasteiger partial charge in [0.05, 0.1) is 10.6 Å². The number of benzene rings is 4. The van der Waals surface area contributed by atoms with E-state index in [0.29, 0.717) is 39.0 Å². The fourth-order valence-electron chi connectivity index (χ4n) is 4.26. The number of amides is 1. The molecule has 7 nitrogen and oxygen atoms in total. The molecular weight excluding hydrogens is 546 g/mol. The van der Waals surface area contributed by atoms with Crippen LogP contribution < -0.4 is 15.9 Å². The predicted octanol–water partition coefficient (Wildman–Crippen LogP) is 6.73. The van der Waals surface area contributed by atoms with Crippen molar-refractivity contribution in [3.8, 4) is 11.1 Å². The topological polar surface area (TPSA) is 122 Å². The molecule has 0 aromatic heterocycles. The average Bonchev–Trinajstić information content (AvgIpc) is 3.78. The fourth-order valence-corrected chi connectivity index (χ4v) is 5.19. The molecule has 0 atom stereocenters. The molecule has 1 saturated carbocycles. The van der Waals surface area contributed by atoms with Gasteiger partial charge >= 0.3 is 0 Å². The molecule has 0 radical (unpaired) electrons. The summed E-state index contributed by atoms with van der Waals surface area (Å²) in [7, 11) is -3.84. The number of rotatable bonds is 7. The Morgan fingerprint density at radius 3 is 2.30 bits per heavy atom. The van der Waals surface area contributed by atoms with Gasteiger partial charge in [0.2, 0.25) is 10.0 Å². The van der Waals surface area contributed by atoms with E-state index < -0.39 is 10.0 Å². The molecule has 0 saturated heterocycles. The van der Waals surface area contributed by atoms with Gasteiger partial charge < -0.3 is 5.32 Å². The van der Waals surface area contributed by atoms with Crippen LogP contribution in [0.5, 0.6) is 0 Å². The van der Waals surface area contributed by atoms with Crippen molar-refractivity contribution < 1.29 is 18.4 Å². The zero-order valence-corrected chi connectivity index (χ0v) is 23.5. The van der Waals surface area contributed by atoms with Crippen molar-refractivity contribution >= 4 is 38.9 Å². The van der Waals surface area contributed by atoms with Gasteiger partial charge in [-0.15, -0.1) is 0 Å². The van der Waals surface area contributed by atoms with E-state index in [9.17, 15) is 13.2 Å². The van der Waals surface area contributed by atoms with Gasteiger partial charge in [-0.1, -0.05) is 78.3 Å². The third kappa shape index (κ3) is 7.37. The minimum atomic E-state index is -3.84. The van der Waals surface area contributed by atoms with E-state index in [4.69, 9.17) is 21.9 Å². The Hall–Kier alpha value is -3.95.